The van der Waals surface area contributed by atoms with E-state index in [0.717, 1.165) is 31.4 Å². The molecule has 0 unspecified atom stereocenters. The Morgan fingerprint density at radius 1 is 1.18 bits per heavy atom. The second-order valence-electron chi connectivity index (χ2n) is 7.57. The molecule has 2 amide bonds. The Morgan fingerprint density at radius 3 is 2.79 bits per heavy atom. The van der Waals surface area contributed by atoms with Crippen LogP contribution in [0.25, 0.3) is 0 Å². The molecule has 1 aromatic heterocycles. The summed E-state index contributed by atoms with van der Waals surface area (Å²) in [7, 11) is 0. The summed E-state index contributed by atoms with van der Waals surface area (Å²) < 4.78 is 26.8. The minimum atomic E-state index is -0.963. The molecule has 1 saturated heterocycles. The van der Waals surface area contributed by atoms with Crippen LogP contribution in [0, 0.1) is 17.0 Å². The van der Waals surface area contributed by atoms with E-state index in [9.17, 15) is 18.4 Å². The largest absolute Gasteiger partial charge is 0.348 e. The maximum absolute atomic E-state index is 13.6. The zero-order valence-corrected chi connectivity index (χ0v) is 15.3. The lowest BCUT2D eigenvalue weighted by molar-refractivity contribution is -0.127. The van der Waals surface area contributed by atoms with Gasteiger partial charge in [-0.3, -0.25) is 14.6 Å². The summed E-state index contributed by atoms with van der Waals surface area (Å²) in [6.45, 7) is 0.463. The van der Waals surface area contributed by atoms with Gasteiger partial charge in [-0.1, -0.05) is 12.5 Å². The standard InChI is InChI=1S/C21H21F2N3O2/c22-16-7-6-15(12-17(16)23)26-11-9-21(20(26)28)8-3-4-14(13-21)25-19(27)18-5-1-2-10-24-18/h1-2,5-7,10,12,14H,3-4,8-9,11,13H2,(H,25,27)/t14-,21+/m1/s1. The molecule has 2 atom stereocenters. The fourth-order valence-electron chi connectivity index (χ4n) is 4.38. The average molecular weight is 385 g/mol. The van der Waals surface area contributed by atoms with Crippen LogP contribution in [0.5, 0.6) is 0 Å². The first-order chi connectivity index (χ1) is 13.5. The summed E-state index contributed by atoms with van der Waals surface area (Å²) in [6.07, 6.45) is 5.12. The van der Waals surface area contributed by atoms with Gasteiger partial charge in [0.25, 0.3) is 5.91 Å². The lowest BCUT2D eigenvalue weighted by atomic mass is 9.71. The molecule has 0 bridgehead atoms. The quantitative estimate of drug-likeness (QED) is 0.880. The zero-order chi connectivity index (χ0) is 19.7. The number of anilines is 1. The van der Waals surface area contributed by atoms with E-state index in [-0.39, 0.29) is 17.9 Å². The van der Waals surface area contributed by atoms with Crippen LogP contribution in [0.1, 0.15) is 42.6 Å². The molecule has 4 rings (SSSR count). The van der Waals surface area contributed by atoms with Crippen LogP contribution in [0.3, 0.4) is 0 Å². The number of hydrogen-bond acceptors (Lipinski definition) is 3. The van der Waals surface area contributed by atoms with Crippen molar-refractivity contribution in [3.05, 3.63) is 59.9 Å². The van der Waals surface area contributed by atoms with E-state index in [4.69, 9.17) is 0 Å². The highest BCUT2D eigenvalue weighted by molar-refractivity contribution is 6.00. The molecule has 28 heavy (non-hydrogen) atoms. The smallest absolute Gasteiger partial charge is 0.270 e. The van der Waals surface area contributed by atoms with E-state index in [0.29, 0.717) is 30.8 Å². The van der Waals surface area contributed by atoms with Gasteiger partial charge >= 0.3 is 0 Å². The highest BCUT2D eigenvalue weighted by atomic mass is 19.2. The molecule has 0 radical (unpaired) electrons. The van der Waals surface area contributed by atoms with Crippen molar-refractivity contribution in [2.45, 2.75) is 38.1 Å². The Balaban J connectivity index is 1.48. The summed E-state index contributed by atoms with van der Waals surface area (Å²) >= 11 is 0. The number of hydrogen-bond donors (Lipinski definition) is 1. The molecule has 1 aliphatic heterocycles. The molecule has 2 fully saturated rings. The van der Waals surface area contributed by atoms with E-state index in [1.54, 1.807) is 24.4 Å². The molecule has 1 aliphatic carbocycles. The second kappa shape index (κ2) is 7.30. The fourth-order valence-corrected chi connectivity index (χ4v) is 4.38. The van der Waals surface area contributed by atoms with Crippen LogP contribution in [0.4, 0.5) is 14.5 Å². The highest BCUT2D eigenvalue weighted by Gasteiger charge is 2.49. The Morgan fingerprint density at radius 2 is 2.04 bits per heavy atom. The monoisotopic (exact) mass is 385 g/mol. The van der Waals surface area contributed by atoms with Crippen LogP contribution >= 0.6 is 0 Å². The number of carbonyl (C=O) groups excluding carboxylic acids is 2. The van der Waals surface area contributed by atoms with E-state index >= 15 is 0 Å². The molecule has 1 saturated carbocycles. The number of nitrogens with one attached hydrogen (secondary N) is 1. The van der Waals surface area contributed by atoms with Gasteiger partial charge in [-0.05, 0) is 49.9 Å². The number of amides is 2. The number of rotatable bonds is 3. The maximum atomic E-state index is 13.6. The Kier molecular flexibility index (Phi) is 4.83. The van der Waals surface area contributed by atoms with Gasteiger partial charge in [-0.25, -0.2) is 8.78 Å². The van der Waals surface area contributed by atoms with Crippen LogP contribution in [-0.4, -0.2) is 29.4 Å². The van der Waals surface area contributed by atoms with Crippen LogP contribution in [0.2, 0.25) is 0 Å². The van der Waals surface area contributed by atoms with Crippen molar-refractivity contribution in [1.82, 2.24) is 10.3 Å². The first-order valence-corrected chi connectivity index (χ1v) is 9.47. The van der Waals surface area contributed by atoms with E-state index in [1.165, 1.54) is 11.0 Å². The number of aromatic nitrogens is 1. The molecule has 2 aliphatic rings. The van der Waals surface area contributed by atoms with Gasteiger partial charge in [-0.15, -0.1) is 0 Å². The van der Waals surface area contributed by atoms with E-state index < -0.39 is 17.0 Å². The number of pyridine rings is 1. The van der Waals surface area contributed by atoms with Crippen molar-refractivity contribution in [2.75, 3.05) is 11.4 Å². The average Bonchev–Trinajstić information content (AvgIpc) is 3.00. The van der Waals surface area contributed by atoms with Crippen LogP contribution in [0.15, 0.2) is 42.6 Å². The molecular weight excluding hydrogens is 364 g/mol. The number of halogens is 2. The maximum Gasteiger partial charge on any atom is 0.270 e. The normalized spacial score (nSPS) is 24.6. The molecule has 7 heteroatoms. The van der Waals surface area contributed by atoms with Crippen molar-refractivity contribution >= 4 is 17.5 Å². The number of carbonyl (C=O) groups is 2. The lowest BCUT2D eigenvalue weighted by Gasteiger charge is -2.36. The SMILES string of the molecule is O=C(N[C@@H]1CCC[C@]2(CCN(c3ccc(F)c(F)c3)C2=O)C1)c1ccccn1. The van der Waals surface area contributed by atoms with Crippen LogP contribution < -0.4 is 10.2 Å². The third-order valence-electron chi connectivity index (χ3n) is 5.81. The van der Waals surface area contributed by atoms with E-state index in [2.05, 4.69) is 10.3 Å². The molecule has 1 N–H and O–H groups in total. The van der Waals surface area contributed by atoms with Gasteiger partial charge in [0.05, 0.1) is 5.41 Å². The Bertz CT molecular complexity index is 906. The highest BCUT2D eigenvalue weighted by Crippen LogP contribution is 2.46. The first-order valence-electron chi connectivity index (χ1n) is 9.47. The van der Waals surface area contributed by atoms with Gasteiger partial charge in [0, 0.05) is 30.5 Å². The minimum Gasteiger partial charge on any atom is -0.348 e. The number of nitrogens with zero attached hydrogens (tertiary/aromatic N) is 2. The molecule has 1 spiro atoms. The summed E-state index contributed by atoms with van der Waals surface area (Å²) in [5, 5.41) is 3.00. The van der Waals surface area contributed by atoms with Crippen molar-refractivity contribution in [3.63, 3.8) is 0 Å². The Labute approximate surface area is 161 Å². The fraction of sp³-hybridized carbons (Fsp3) is 0.381. The molecule has 5 nitrogen and oxygen atoms in total. The van der Waals surface area contributed by atoms with Gasteiger partial charge in [0.2, 0.25) is 5.91 Å². The van der Waals surface area contributed by atoms with Crippen LogP contribution in [-0.2, 0) is 4.79 Å². The third-order valence-corrected chi connectivity index (χ3v) is 5.81. The van der Waals surface area contributed by atoms with Crippen molar-refractivity contribution in [3.8, 4) is 0 Å². The summed E-state index contributed by atoms with van der Waals surface area (Å²) in [4.78, 5) is 31.2. The first kappa shape index (κ1) is 18.5. The molecule has 2 heterocycles. The third kappa shape index (κ3) is 3.37. The molecule has 146 valence electrons. The van der Waals surface area contributed by atoms with Crippen molar-refractivity contribution in [2.24, 2.45) is 5.41 Å². The predicted molar refractivity (Wildman–Crippen MR) is 99.7 cm³/mol. The van der Waals surface area contributed by atoms with Crippen molar-refractivity contribution in [1.29, 1.82) is 0 Å². The lowest BCUT2D eigenvalue weighted by Crippen LogP contribution is -2.46. The topological polar surface area (TPSA) is 62.3 Å². The molecule has 2 aromatic rings. The molecular formula is C21H21F2N3O2. The molecule has 1 aromatic carbocycles. The van der Waals surface area contributed by atoms with Gasteiger partial charge < -0.3 is 10.2 Å². The zero-order valence-electron chi connectivity index (χ0n) is 15.3. The Hall–Kier alpha value is -2.83. The summed E-state index contributed by atoms with van der Waals surface area (Å²) in [6, 6.07) is 8.57. The van der Waals surface area contributed by atoms with Gasteiger partial charge in [0.15, 0.2) is 11.6 Å². The van der Waals surface area contributed by atoms with Gasteiger partial charge in [-0.2, -0.15) is 0 Å². The second-order valence-corrected chi connectivity index (χ2v) is 7.57. The summed E-state index contributed by atoms with van der Waals surface area (Å²) in [5.74, 6) is -2.21. The van der Waals surface area contributed by atoms with Crippen molar-refractivity contribution < 1.29 is 18.4 Å². The predicted octanol–water partition coefficient (Wildman–Crippen LogP) is 3.46. The van der Waals surface area contributed by atoms with E-state index in [1.807, 2.05) is 0 Å². The summed E-state index contributed by atoms with van der Waals surface area (Å²) in [5.41, 5.74) is 0.161. The minimum absolute atomic E-state index is 0.0738. The number of benzene rings is 1. The van der Waals surface area contributed by atoms with Gasteiger partial charge in [0.1, 0.15) is 5.69 Å².